The van der Waals surface area contributed by atoms with Crippen molar-refractivity contribution in [1.29, 1.82) is 0 Å². The van der Waals surface area contributed by atoms with Gasteiger partial charge in [-0.15, -0.1) is 0 Å². The molecular formula is C23H25NO4S. The lowest BCUT2D eigenvalue weighted by atomic mass is 10.1. The summed E-state index contributed by atoms with van der Waals surface area (Å²) in [6, 6.07) is 20.0. The van der Waals surface area contributed by atoms with Gasteiger partial charge >= 0.3 is 0 Å². The fraction of sp³-hybridized carbons (Fsp3) is 0.261. The number of carbonyl (C=O) groups is 1. The minimum Gasteiger partial charge on any atom is -0.481 e. The second-order valence-electron chi connectivity index (χ2n) is 7.10. The lowest BCUT2D eigenvalue weighted by Crippen LogP contribution is -2.39. The number of amides is 1. The van der Waals surface area contributed by atoms with Crippen LogP contribution in [0.4, 0.5) is 0 Å². The molecule has 152 valence electrons. The van der Waals surface area contributed by atoms with Crippen molar-refractivity contribution in [2.45, 2.75) is 37.3 Å². The molecule has 0 bridgehead atoms. The van der Waals surface area contributed by atoms with Crippen molar-refractivity contribution in [2.75, 3.05) is 6.26 Å². The Balaban J connectivity index is 1.68. The van der Waals surface area contributed by atoms with Gasteiger partial charge in [0.05, 0.1) is 10.9 Å². The van der Waals surface area contributed by atoms with Crippen LogP contribution in [0.1, 0.15) is 31.9 Å². The quantitative estimate of drug-likeness (QED) is 0.630. The van der Waals surface area contributed by atoms with E-state index in [1.807, 2.05) is 56.3 Å². The Morgan fingerprint density at radius 3 is 2.28 bits per heavy atom. The molecule has 29 heavy (non-hydrogen) atoms. The summed E-state index contributed by atoms with van der Waals surface area (Å²) in [6.07, 6.45) is 1.08. The highest BCUT2D eigenvalue weighted by atomic mass is 32.2. The Kier molecular flexibility index (Phi) is 6.23. The van der Waals surface area contributed by atoms with Crippen molar-refractivity contribution in [3.63, 3.8) is 0 Å². The van der Waals surface area contributed by atoms with Crippen LogP contribution < -0.4 is 10.1 Å². The van der Waals surface area contributed by atoms with E-state index in [9.17, 15) is 13.2 Å². The Bertz CT molecular complexity index is 1110. The van der Waals surface area contributed by atoms with Crippen molar-refractivity contribution >= 4 is 26.5 Å². The third kappa shape index (κ3) is 5.15. The molecule has 0 heterocycles. The molecule has 0 unspecified atom stereocenters. The molecule has 1 amide bonds. The van der Waals surface area contributed by atoms with Gasteiger partial charge in [-0.3, -0.25) is 4.79 Å². The Morgan fingerprint density at radius 2 is 1.66 bits per heavy atom. The van der Waals surface area contributed by atoms with E-state index in [0.717, 1.165) is 16.3 Å². The first-order valence-electron chi connectivity index (χ1n) is 9.54. The predicted molar refractivity (Wildman–Crippen MR) is 115 cm³/mol. The largest absolute Gasteiger partial charge is 0.481 e. The zero-order chi connectivity index (χ0) is 21.0. The van der Waals surface area contributed by atoms with Gasteiger partial charge in [-0.25, -0.2) is 8.42 Å². The third-order valence-corrected chi connectivity index (χ3v) is 5.96. The maximum absolute atomic E-state index is 12.7. The maximum atomic E-state index is 12.7. The Morgan fingerprint density at radius 1 is 1.00 bits per heavy atom. The third-order valence-electron chi connectivity index (χ3n) is 4.83. The van der Waals surface area contributed by atoms with Crippen molar-refractivity contribution in [2.24, 2.45) is 0 Å². The average Bonchev–Trinajstić information content (AvgIpc) is 2.71. The van der Waals surface area contributed by atoms with Gasteiger partial charge in [-0.1, -0.05) is 49.4 Å². The van der Waals surface area contributed by atoms with E-state index in [1.165, 1.54) is 6.26 Å². The fourth-order valence-electron chi connectivity index (χ4n) is 3.12. The summed E-state index contributed by atoms with van der Waals surface area (Å²) in [5.74, 6) is 0.441. The molecule has 0 aliphatic carbocycles. The molecule has 0 fully saturated rings. The minimum absolute atomic E-state index is 0.208. The molecule has 2 atom stereocenters. The summed E-state index contributed by atoms with van der Waals surface area (Å²) in [5.41, 5.74) is 0.825. The number of sulfone groups is 1. The molecule has 0 radical (unpaired) electrons. The number of hydrogen-bond donors (Lipinski definition) is 1. The van der Waals surface area contributed by atoms with Crippen LogP contribution in [0.25, 0.3) is 10.8 Å². The van der Waals surface area contributed by atoms with Crippen LogP contribution in [-0.2, 0) is 14.6 Å². The van der Waals surface area contributed by atoms with Crippen LogP contribution in [0.3, 0.4) is 0 Å². The smallest absolute Gasteiger partial charge is 0.261 e. The summed E-state index contributed by atoms with van der Waals surface area (Å²) >= 11 is 0. The number of ether oxygens (including phenoxy) is 1. The molecule has 3 rings (SSSR count). The second-order valence-corrected chi connectivity index (χ2v) is 9.11. The van der Waals surface area contributed by atoms with Crippen molar-refractivity contribution in [3.8, 4) is 5.75 Å². The van der Waals surface area contributed by atoms with E-state index in [0.29, 0.717) is 12.2 Å². The molecule has 5 nitrogen and oxygen atoms in total. The van der Waals surface area contributed by atoms with Crippen LogP contribution in [0, 0.1) is 0 Å². The highest BCUT2D eigenvalue weighted by molar-refractivity contribution is 7.90. The van der Waals surface area contributed by atoms with Gasteiger partial charge in [0.2, 0.25) is 0 Å². The van der Waals surface area contributed by atoms with Crippen molar-refractivity contribution in [1.82, 2.24) is 5.32 Å². The first kappa shape index (κ1) is 20.9. The Labute approximate surface area is 171 Å². The summed E-state index contributed by atoms with van der Waals surface area (Å²) < 4.78 is 29.1. The molecular weight excluding hydrogens is 386 g/mol. The van der Waals surface area contributed by atoms with Crippen molar-refractivity contribution in [3.05, 3.63) is 72.3 Å². The molecule has 0 aliphatic rings. The topological polar surface area (TPSA) is 72.5 Å². The zero-order valence-electron chi connectivity index (χ0n) is 16.8. The number of nitrogens with one attached hydrogen (secondary N) is 1. The standard InChI is InChI=1S/C23H25NO4S/c1-4-22(28-20-12-9-18-7-5-6-8-19(18)15-20)23(25)24-16(2)17-10-13-21(14-11-17)29(3,26)27/h5-16,22H,4H2,1-3H3,(H,24,25)/t16-,22+/m1/s1. The van der Waals surface area contributed by atoms with Gasteiger partial charge in [0.15, 0.2) is 15.9 Å². The monoisotopic (exact) mass is 411 g/mol. The van der Waals surface area contributed by atoms with Gasteiger partial charge in [0.1, 0.15) is 5.75 Å². The van der Waals surface area contributed by atoms with Crippen LogP contribution in [-0.4, -0.2) is 26.7 Å². The van der Waals surface area contributed by atoms with E-state index in [4.69, 9.17) is 4.74 Å². The van der Waals surface area contributed by atoms with E-state index in [-0.39, 0.29) is 16.8 Å². The summed E-state index contributed by atoms with van der Waals surface area (Å²) in [5, 5.41) is 5.12. The van der Waals surface area contributed by atoms with Crippen LogP contribution in [0.2, 0.25) is 0 Å². The summed E-state index contributed by atoms with van der Waals surface area (Å²) in [6.45, 7) is 3.76. The van der Waals surface area contributed by atoms with Gasteiger partial charge in [0, 0.05) is 6.26 Å². The molecule has 6 heteroatoms. The van der Waals surface area contributed by atoms with Crippen LogP contribution >= 0.6 is 0 Å². The number of fused-ring (bicyclic) bond motifs is 1. The van der Waals surface area contributed by atoms with Crippen LogP contribution in [0.15, 0.2) is 71.6 Å². The summed E-state index contributed by atoms with van der Waals surface area (Å²) in [7, 11) is -3.24. The van der Waals surface area contributed by atoms with Gasteiger partial charge < -0.3 is 10.1 Å². The molecule has 3 aromatic carbocycles. The van der Waals surface area contributed by atoms with Gasteiger partial charge in [0.25, 0.3) is 5.91 Å². The second kappa shape index (κ2) is 8.66. The maximum Gasteiger partial charge on any atom is 0.261 e. The zero-order valence-corrected chi connectivity index (χ0v) is 17.6. The molecule has 0 aromatic heterocycles. The molecule has 0 spiro atoms. The molecule has 0 aliphatic heterocycles. The highest BCUT2D eigenvalue weighted by Crippen LogP contribution is 2.22. The number of hydrogen-bond acceptors (Lipinski definition) is 4. The lowest BCUT2D eigenvalue weighted by Gasteiger charge is -2.21. The SMILES string of the molecule is CC[C@H](Oc1ccc2ccccc2c1)C(=O)N[C@H](C)c1ccc(S(C)(=O)=O)cc1. The first-order valence-corrected chi connectivity index (χ1v) is 11.4. The fourth-order valence-corrected chi connectivity index (χ4v) is 3.75. The van der Waals surface area contributed by atoms with Crippen LogP contribution in [0.5, 0.6) is 5.75 Å². The van der Waals surface area contributed by atoms with Crippen molar-refractivity contribution < 1.29 is 17.9 Å². The minimum atomic E-state index is -3.24. The lowest BCUT2D eigenvalue weighted by molar-refractivity contribution is -0.128. The normalized spacial score (nSPS) is 13.6. The van der Waals surface area contributed by atoms with E-state index < -0.39 is 15.9 Å². The molecule has 0 saturated heterocycles. The highest BCUT2D eigenvalue weighted by Gasteiger charge is 2.21. The molecule has 3 aromatic rings. The first-order chi connectivity index (χ1) is 13.8. The van der Waals surface area contributed by atoms with E-state index in [2.05, 4.69) is 5.32 Å². The Hall–Kier alpha value is -2.86. The average molecular weight is 412 g/mol. The predicted octanol–water partition coefficient (Wildman–Crippen LogP) is 4.28. The van der Waals surface area contributed by atoms with Gasteiger partial charge in [-0.05, 0) is 53.9 Å². The number of benzene rings is 3. The van der Waals surface area contributed by atoms with E-state index >= 15 is 0 Å². The number of carbonyl (C=O) groups excluding carboxylic acids is 1. The van der Waals surface area contributed by atoms with E-state index in [1.54, 1.807) is 24.3 Å². The van der Waals surface area contributed by atoms with Gasteiger partial charge in [-0.2, -0.15) is 0 Å². The molecule has 1 N–H and O–H groups in total. The molecule has 0 saturated carbocycles. The summed E-state index contributed by atoms with van der Waals surface area (Å²) in [4.78, 5) is 13.0. The number of rotatable bonds is 7.